The van der Waals surface area contributed by atoms with E-state index >= 15 is 0 Å². The summed E-state index contributed by atoms with van der Waals surface area (Å²) in [6.07, 6.45) is 4.75. The minimum Gasteiger partial charge on any atom is -0.311 e. The van der Waals surface area contributed by atoms with Gasteiger partial charge in [-0.25, -0.2) is 0 Å². The number of rotatable bonds is 7. The molecule has 11 aromatic carbocycles. The molecule has 0 radical (unpaired) electrons. The van der Waals surface area contributed by atoms with Crippen molar-refractivity contribution in [2.24, 2.45) is 0 Å². The van der Waals surface area contributed by atoms with Crippen LogP contribution in [0.3, 0.4) is 0 Å². The summed E-state index contributed by atoms with van der Waals surface area (Å²) < 4.78 is 2.49. The molecule has 4 aliphatic rings. The van der Waals surface area contributed by atoms with E-state index in [0.29, 0.717) is 0 Å². The maximum absolute atomic E-state index is 2.62. The van der Waals surface area contributed by atoms with Crippen molar-refractivity contribution in [1.29, 1.82) is 0 Å². The van der Waals surface area contributed by atoms with Gasteiger partial charge in [-0.1, -0.05) is 261 Å². The van der Waals surface area contributed by atoms with Crippen LogP contribution < -0.4 is 26.2 Å². The molecule has 16 rings (SSSR count). The maximum Gasteiger partial charge on any atom is 0.252 e. The highest BCUT2D eigenvalue weighted by Crippen LogP contribution is 2.52. The van der Waals surface area contributed by atoms with Crippen molar-refractivity contribution in [2.75, 3.05) is 9.80 Å². The van der Waals surface area contributed by atoms with E-state index in [4.69, 9.17) is 0 Å². The lowest BCUT2D eigenvalue weighted by Gasteiger charge is -2.45. The average molecular weight is 1220 g/mol. The second-order valence-corrected chi connectivity index (χ2v) is 32.7. The lowest BCUT2D eigenvalue weighted by molar-refractivity contribution is 0.332. The van der Waals surface area contributed by atoms with Gasteiger partial charge in [0.2, 0.25) is 0 Å². The Morgan fingerprint density at radius 3 is 1.14 bits per heavy atom. The molecule has 2 aliphatic carbocycles. The van der Waals surface area contributed by atoms with Crippen molar-refractivity contribution < 1.29 is 0 Å². The van der Waals surface area contributed by atoms with Gasteiger partial charge in [0.15, 0.2) is 0 Å². The summed E-state index contributed by atoms with van der Waals surface area (Å²) in [6, 6.07) is 89.8. The molecule has 94 heavy (non-hydrogen) atoms. The Hall–Kier alpha value is -9.12. The Balaban J connectivity index is 0.950. The van der Waals surface area contributed by atoms with E-state index in [0.717, 1.165) is 17.1 Å². The van der Waals surface area contributed by atoms with Crippen LogP contribution in [0.15, 0.2) is 231 Å². The fourth-order valence-corrected chi connectivity index (χ4v) is 16.7. The summed E-state index contributed by atoms with van der Waals surface area (Å²) >= 11 is 0. The van der Waals surface area contributed by atoms with Gasteiger partial charge >= 0.3 is 0 Å². The second kappa shape index (κ2) is 21.2. The number of fused-ring (bicyclic) bond motifs is 9. The first kappa shape index (κ1) is 59.9. The summed E-state index contributed by atoms with van der Waals surface area (Å²) in [6.45, 7) is 33.4. The fourth-order valence-electron chi connectivity index (χ4n) is 16.7. The Morgan fingerprint density at radius 2 is 0.660 bits per heavy atom. The number of para-hydroxylation sites is 2. The van der Waals surface area contributed by atoms with E-state index < -0.39 is 0 Å². The monoisotopic (exact) mass is 1220 g/mol. The fraction of sp³-hybridized carbons (Fsp3) is 0.267. The minimum absolute atomic E-state index is 0.0447. The van der Waals surface area contributed by atoms with Crippen molar-refractivity contribution in [3.05, 3.63) is 264 Å². The molecule has 3 nitrogen and oxygen atoms in total. The van der Waals surface area contributed by atoms with E-state index in [9.17, 15) is 0 Å². The maximum atomic E-state index is 2.62. The Kier molecular flexibility index (Phi) is 13.5. The number of hydrogen-bond donors (Lipinski definition) is 0. The van der Waals surface area contributed by atoms with Crippen LogP contribution >= 0.6 is 0 Å². The van der Waals surface area contributed by atoms with Gasteiger partial charge in [0.05, 0.1) is 11.0 Å². The molecule has 0 amide bonds. The van der Waals surface area contributed by atoms with Crippen LogP contribution in [0, 0.1) is 0 Å². The Labute approximate surface area is 559 Å². The largest absolute Gasteiger partial charge is 0.311 e. The highest BCUT2D eigenvalue weighted by atomic mass is 15.2. The van der Waals surface area contributed by atoms with Crippen LogP contribution in [0.2, 0.25) is 0 Å². The SMILES string of the molecule is CC(C)(C)c1cc(-c2ccc3c(c2)N(c2ccc(-c4ccc5c(c4)C(C)(C)CCC5(C)C)cc2)c2cc(-c4ccccc4)cc4c2B3c2ccc(-n3c5ccccc5c5ccccc53)cc2N4c2ccc(-c3ccc4c(c3)C(C)(C)CCC4(C)C)cc2)cc(C(C)(C)C)c1. The normalized spacial score (nSPS) is 16.5. The molecule has 0 atom stereocenters. The van der Waals surface area contributed by atoms with Gasteiger partial charge in [-0.15, -0.1) is 0 Å². The average Bonchev–Trinajstić information content (AvgIpc) is 0.736. The van der Waals surface area contributed by atoms with Gasteiger partial charge in [0.1, 0.15) is 0 Å². The zero-order chi connectivity index (χ0) is 65.2. The van der Waals surface area contributed by atoms with Gasteiger partial charge in [-0.05, 0) is 219 Å². The molecule has 0 N–H and O–H groups in total. The summed E-state index contributed by atoms with van der Waals surface area (Å²) in [5, 5.41) is 2.51. The highest BCUT2D eigenvalue weighted by molar-refractivity contribution is 7.00. The molecule has 0 saturated carbocycles. The minimum atomic E-state index is -0.107. The molecule has 0 fully saturated rings. The number of anilines is 6. The Bertz CT molecular complexity index is 4950. The first-order valence-electron chi connectivity index (χ1n) is 34.6. The topological polar surface area (TPSA) is 11.4 Å². The van der Waals surface area contributed by atoms with Crippen LogP contribution in [0.5, 0.6) is 0 Å². The molecular weight excluding hydrogens is 1130 g/mol. The van der Waals surface area contributed by atoms with E-state index in [-0.39, 0.29) is 39.2 Å². The van der Waals surface area contributed by atoms with Crippen LogP contribution in [-0.2, 0) is 32.5 Å². The lowest BCUT2D eigenvalue weighted by Crippen LogP contribution is -2.61. The molecule has 0 unspecified atom stereocenters. The molecular formula is C90H88BN3. The van der Waals surface area contributed by atoms with Crippen molar-refractivity contribution in [1.82, 2.24) is 4.57 Å². The van der Waals surface area contributed by atoms with E-state index in [1.807, 2.05) is 0 Å². The predicted octanol–water partition coefficient (Wildman–Crippen LogP) is 22.8. The predicted molar refractivity (Wildman–Crippen MR) is 405 cm³/mol. The van der Waals surface area contributed by atoms with Gasteiger partial charge in [-0.3, -0.25) is 0 Å². The molecule has 2 aliphatic heterocycles. The van der Waals surface area contributed by atoms with E-state index in [2.05, 4.69) is 342 Å². The van der Waals surface area contributed by atoms with Crippen molar-refractivity contribution >= 4 is 79.0 Å². The zero-order valence-electron chi connectivity index (χ0n) is 57.7. The lowest BCUT2D eigenvalue weighted by atomic mass is 9.33. The summed E-state index contributed by atoms with van der Waals surface area (Å²) in [4.78, 5) is 5.24. The third-order valence-electron chi connectivity index (χ3n) is 22.6. The Morgan fingerprint density at radius 1 is 0.298 bits per heavy atom. The van der Waals surface area contributed by atoms with Gasteiger partial charge < -0.3 is 14.4 Å². The molecule has 0 saturated heterocycles. The molecule has 12 aromatic rings. The number of nitrogens with zero attached hydrogens (tertiary/aromatic N) is 3. The first-order valence-corrected chi connectivity index (χ1v) is 34.6. The van der Waals surface area contributed by atoms with E-state index in [1.165, 1.54) is 165 Å². The number of aromatic nitrogens is 1. The van der Waals surface area contributed by atoms with Crippen molar-refractivity contribution in [3.8, 4) is 50.2 Å². The van der Waals surface area contributed by atoms with Crippen LogP contribution in [0.25, 0.3) is 72.0 Å². The molecule has 3 heterocycles. The zero-order valence-corrected chi connectivity index (χ0v) is 57.7. The van der Waals surface area contributed by atoms with Gasteiger partial charge in [0.25, 0.3) is 6.71 Å². The highest BCUT2D eigenvalue weighted by Gasteiger charge is 2.45. The third-order valence-corrected chi connectivity index (χ3v) is 22.6. The van der Waals surface area contributed by atoms with Crippen molar-refractivity contribution in [3.63, 3.8) is 0 Å². The van der Waals surface area contributed by atoms with Crippen LogP contribution in [0.1, 0.15) is 156 Å². The van der Waals surface area contributed by atoms with Gasteiger partial charge in [0, 0.05) is 50.6 Å². The number of hydrogen-bond acceptors (Lipinski definition) is 2. The standard InChI is InChI=1S/C90H88BN3/c1-85(2,3)65-48-63(49-66(55-65)86(4,5)6)62-34-42-76-80(52-62)92(67-35-28-58(29-36-67)60-32-40-72-74(50-60)89(11,12)46-44-87(72,7)8)82-53-64(57-22-16-15-17-23-57)54-83-84(82)91(76)77-43-39-69(94-78-26-20-18-24-70(78)71-25-19-21-27-79(71)94)56-81(77)93(83)68-37-30-59(31-38-68)61-33-41-73-75(51-61)90(13,14)47-45-88(73,9)10/h15-43,48-56H,44-47H2,1-14H3. The molecule has 0 spiro atoms. The second-order valence-electron chi connectivity index (χ2n) is 32.7. The van der Waals surface area contributed by atoms with E-state index in [1.54, 1.807) is 0 Å². The summed E-state index contributed by atoms with van der Waals surface area (Å²) in [5.74, 6) is 0. The summed E-state index contributed by atoms with van der Waals surface area (Å²) in [7, 11) is 0. The summed E-state index contributed by atoms with van der Waals surface area (Å²) in [5.41, 5.74) is 33.2. The molecule has 4 heteroatoms. The third kappa shape index (κ3) is 9.74. The van der Waals surface area contributed by atoms with Crippen LogP contribution in [0.4, 0.5) is 34.1 Å². The molecule has 466 valence electrons. The molecule has 0 bridgehead atoms. The van der Waals surface area contributed by atoms with Crippen LogP contribution in [-0.4, -0.2) is 11.3 Å². The quantitative estimate of drug-likeness (QED) is 0.147. The molecule has 1 aromatic heterocycles. The first-order chi connectivity index (χ1) is 44.8. The van der Waals surface area contributed by atoms with Crippen molar-refractivity contribution in [2.45, 2.75) is 155 Å². The smallest absolute Gasteiger partial charge is 0.252 e. The van der Waals surface area contributed by atoms with Gasteiger partial charge in [-0.2, -0.15) is 0 Å². The number of benzene rings is 11.